The van der Waals surface area contributed by atoms with Crippen molar-refractivity contribution in [3.63, 3.8) is 0 Å². The summed E-state index contributed by atoms with van der Waals surface area (Å²) in [5, 5.41) is 15.3. The molecule has 0 saturated carbocycles. The van der Waals surface area contributed by atoms with E-state index >= 15 is 0 Å². The summed E-state index contributed by atoms with van der Waals surface area (Å²) in [6, 6.07) is 10.1. The number of methoxy groups -OCH3 is 1. The van der Waals surface area contributed by atoms with Crippen molar-refractivity contribution < 1.29 is 19.0 Å². The molecular weight excluding hydrogens is 323 g/mol. The Hall–Kier alpha value is -2.31. The molecule has 2 aromatic rings. The molecule has 2 aromatic carbocycles. The Balaban J connectivity index is 1.94. The Morgan fingerprint density at radius 1 is 1.35 bits per heavy atom. The molecule has 0 saturated heterocycles. The molecular formula is C16H16ClFN2O3. The summed E-state index contributed by atoms with van der Waals surface area (Å²) >= 11 is 5.98. The van der Waals surface area contributed by atoms with Gasteiger partial charge in [0.15, 0.2) is 0 Å². The van der Waals surface area contributed by atoms with Gasteiger partial charge in [-0.1, -0.05) is 29.8 Å². The molecule has 23 heavy (non-hydrogen) atoms. The molecule has 0 aliphatic rings. The van der Waals surface area contributed by atoms with Crippen molar-refractivity contribution in [3.8, 4) is 5.75 Å². The maximum absolute atomic E-state index is 13.5. The minimum absolute atomic E-state index is 0.118. The lowest BCUT2D eigenvalue weighted by molar-refractivity contribution is 0.170. The number of hydrogen-bond donors (Lipinski definition) is 3. The van der Waals surface area contributed by atoms with Gasteiger partial charge in [0, 0.05) is 18.2 Å². The molecule has 0 aliphatic heterocycles. The third-order valence-electron chi connectivity index (χ3n) is 3.14. The van der Waals surface area contributed by atoms with E-state index in [2.05, 4.69) is 10.6 Å². The number of carbonyl (C=O) groups is 1. The normalized spacial score (nSPS) is 11.7. The van der Waals surface area contributed by atoms with E-state index in [1.807, 2.05) is 0 Å². The van der Waals surface area contributed by atoms with Crippen molar-refractivity contribution in [1.29, 1.82) is 0 Å². The van der Waals surface area contributed by atoms with E-state index < -0.39 is 18.0 Å². The number of anilines is 1. The summed E-state index contributed by atoms with van der Waals surface area (Å²) in [6.45, 7) is -0.144. The monoisotopic (exact) mass is 338 g/mol. The summed E-state index contributed by atoms with van der Waals surface area (Å²) in [4.78, 5) is 11.9. The lowest BCUT2D eigenvalue weighted by Crippen LogP contribution is -2.32. The van der Waals surface area contributed by atoms with Gasteiger partial charge in [0.25, 0.3) is 0 Å². The molecule has 0 heterocycles. The van der Waals surface area contributed by atoms with Crippen LogP contribution >= 0.6 is 11.6 Å². The fourth-order valence-corrected chi connectivity index (χ4v) is 2.10. The van der Waals surface area contributed by atoms with Crippen LogP contribution in [0.4, 0.5) is 14.9 Å². The highest BCUT2D eigenvalue weighted by Crippen LogP contribution is 2.26. The van der Waals surface area contributed by atoms with Gasteiger partial charge in [-0.25, -0.2) is 9.18 Å². The van der Waals surface area contributed by atoms with Gasteiger partial charge in [0.2, 0.25) is 0 Å². The average molecular weight is 339 g/mol. The Bertz CT molecular complexity index is 697. The van der Waals surface area contributed by atoms with Crippen molar-refractivity contribution in [2.75, 3.05) is 19.0 Å². The number of rotatable bonds is 5. The molecule has 0 aromatic heterocycles. The van der Waals surface area contributed by atoms with Crippen LogP contribution in [0.3, 0.4) is 0 Å². The first-order valence-electron chi connectivity index (χ1n) is 6.82. The molecule has 3 N–H and O–H groups in total. The predicted octanol–water partition coefficient (Wildman–Crippen LogP) is 3.34. The Kier molecular flexibility index (Phi) is 5.78. The number of halogens is 2. The molecule has 0 spiro atoms. The standard InChI is InChI=1S/C16H16ClFN2O3/c1-23-10-6-7-12(17)14(8-10)20-16(22)19-9-15(21)11-4-2-3-5-13(11)18/h2-8,15,21H,9H2,1H3,(H2,19,20,22). The molecule has 122 valence electrons. The van der Waals surface area contributed by atoms with E-state index in [1.54, 1.807) is 24.3 Å². The van der Waals surface area contributed by atoms with E-state index in [1.165, 1.54) is 25.3 Å². The summed E-state index contributed by atoms with van der Waals surface area (Å²) in [5.41, 5.74) is 0.483. The van der Waals surface area contributed by atoms with Crippen LogP contribution in [0, 0.1) is 5.82 Å². The molecule has 1 unspecified atom stereocenters. The zero-order valence-corrected chi connectivity index (χ0v) is 13.1. The van der Waals surface area contributed by atoms with Gasteiger partial charge < -0.3 is 20.5 Å². The first-order chi connectivity index (χ1) is 11.0. The van der Waals surface area contributed by atoms with E-state index in [0.717, 1.165) is 0 Å². The Morgan fingerprint density at radius 3 is 2.78 bits per heavy atom. The van der Waals surface area contributed by atoms with Crippen molar-refractivity contribution in [2.24, 2.45) is 0 Å². The van der Waals surface area contributed by atoms with Crippen LogP contribution in [0.2, 0.25) is 5.02 Å². The molecule has 0 aliphatic carbocycles. The zero-order valence-electron chi connectivity index (χ0n) is 12.3. The number of amides is 2. The number of aliphatic hydroxyl groups is 1. The molecule has 7 heteroatoms. The second kappa shape index (κ2) is 7.80. The first kappa shape index (κ1) is 17.1. The molecule has 1 atom stereocenters. The number of aliphatic hydroxyl groups excluding tert-OH is 1. The van der Waals surface area contributed by atoms with Gasteiger partial charge in [-0.2, -0.15) is 0 Å². The van der Waals surface area contributed by atoms with E-state index in [9.17, 15) is 14.3 Å². The maximum atomic E-state index is 13.5. The summed E-state index contributed by atoms with van der Waals surface area (Å²) < 4.78 is 18.6. The van der Waals surface area contributed by atoms with Gasteiger partial charge in [0.1, 0.15) is 11.6 Å². The predicted molar refractivity (Wildman–Crippen MR) is 86.4 cm³/mol. The topological polar surface area (TPSA) is 70.6 Å². The molecule has 2 rings (SSSR count). The van der Waals surface area contributed by atoms with Crippen LogP contribution in [0.5, 0.6) is 5.75 Å². The first-order valence-corrected chi connectivity index (χ1v) is 7.20. The second-order valence-electron chi connectivity index (χ2n) is 4.72. The highest BCUT2D eigenvalue weighted by Gasteiger charge is 2.14. The van der Waals surface area contributed by atoms with Crippen LogP contribution in [0.25, 0.3) is 0 Å². The van der Waals surface area contributed by atoms with Crippen molar-refractivity contribution in [3.05, 3.63) is 58.9 Å². The van der Waals surface area contributed by atoms with E-state index in [4.69, 9.17) is 16.3 Å². The lowest BCUT2D eigenvalue weighted by atomic mass is 10.1. The SMILES string of the molecule is COc1ccc(Cl)c(NC(=O)NCC(O)c2ccccc2F)c1. The zero-order chi connectivity index (χ0) is 16.8. The van der Waals surface area contributed by atoms with Crippen molar-refractivity contribution >= 4 is 23.3 Å². The van der Waals surface area contributed by atoms with Crippen molar-refractivity contribution in [1.82, 2.24) is 5.32 Å². The van der Waals surface area contributed by atoms with E-state index in [0.29, 0.717) is 16.5 Å². The fraction of sp³-hybridized carbons (Fsp3) is 0.188. The van der Waals surface area contributed by atoms with E-state index in [-0.39, 0.29) is 12.1 Å². The Morgan fingerprint density at radius 2 is 2.09 bits per heavy atom. The molecule has 0 radical (unpaired) electrons. The fourth-order valence-electron chi connectivity index (χ4n) is 1.94. The lowest BCUT2D eigenvalue weighted by Gasteiger charge is -2.14. The number of carbonyl (C=O) groups excluding carboxylic acids is 1. The van der Waals surface area contributed by atoms with Gasteiger partial charge >= 0.3 is 6.03 Å². The van der Waals surface area contributed by atoms with Crippen LogP contribution in [-0.2, 0) is 0 Å². The van der Waals surface area contributed by atoms with Crippen LogP contribution in [0.15, 0.2) is 42.5 Å². The van der Waals surface area contributed by atoms with Gasteiger partial charge in [0.05, 0.1) is 23.9 Å². The maximum Gasteiger partial charge on any atom is 0.319 e. The molecule has 0 bridgehead atoms. The van der Waals surface area contributed by atoms with Crippen LogP contribution in [-0.4, -0.2) is 24.8 Å². The van der Waals surface area contributed by atoms with Gasteiger partial charge in [-0.15, -0.1) is 0 Å². The molecule has 5 nitrogen and oxygen atoms in total. The second-order valence-corrected chi connectivity index (χ2v) is 5.13. The van der Waals surface area contributed by atoms with Crippen LogP contribution < -0.4 is 15.4 Å². The third kappa shape index (κ3) is 4.58. The van der Waals surface area contributed by atoms with Gasteiger partial charge in [-0.05, 0) is 18.2 Å². The quantitative estimate of drug-likeness (QED) is 0.783. The summed E-state index contributed by atoms with van der Waals surface area (Å²) in [5.74, 6) is 0.00846. The number of nitrogens with one attached hydrogen (secondary N) is 2. The minimum atomic E-state index is -1.15. The largest absolute Gasteiger partial charge is 0.497 e. The number of urea groups is 1. The summed E-state index contributed by atoms with van der Waals surface area (Å²) in [7, 11) is 1.50. The Labute approximate surface area is 138 Å². The van der Waals surface area contributed by atoms with Crippen LogP contribution in [0.1, 0.15) is 11.7 Å². The van der Waals surface area contributed by atoms with Gasteiger partial charge in [-0.3, -0.25) is 0 Å². The highest BCUT2D eigenvalue weighted by molar-refractivity contribution is 6.33. The molecule has 0 fully saturated rings. The smallest absolute Gasteiger partial charge is 0.319 e. The number of hydrogen-bond acceptors (Lipinski definition) is 3. The average Bonchev–Trinajstić information content (AvgIpc) is 2.55. The molecule has 2 amide bonds. The third-order valence-corrected chi connectivity index (χ3v) is 3.47. The van der Waals surface area contributed by atoms with Crippen molar-refractivity contribution in [2.45, 2.75) is 6.10 Å². The summed E-state index contributed by atoms with van der Waals surface area (Å²) in [6.07, 6.45) is -1.15. The number of ether oxygens (including phenoxy) is 1. The minimum Gasteiger partial charge on any atom is -0.497 e. The highest BCUT2D eigenvalue weighted by atomic mass is 35.5. The number of benzene rings is 2.